The van der Waals surface area contributed by atoms with Crippen molar-refractivity contribution in [3.8, 4) is 0 Å². The second-order valence-electron chi connectivity index (χ2n) is 11.1. The third-order valence-corrected chi connectivity index (χ3v) is 9.84. The molecular formula is C25H37NO. The summed E-state index contributed by atoms with van der Waals surface area (Å²) in [7, 11) is 0. The standard InChI is InChI=1S/C25H37NO/c1-16-12-19-20-6-7-23(27)25(20,3)11-9-21(19)24(2)10-8-17(13-22(16)24)4-5-18-14-26-15-18/h4-5,17-22,26H,1,6-15H2,2-3H3/b5-4-/t17-,19+,20+,21+,22?,24-,25+/m1/s1. The van der Waals surface area contributed by atoms with Gasteiger partial charge in [-0.3, -0.25) is 4.79 Å². The van der Waals surface area contributed by atoms with Crippen LogP contribution in [0.15, 0.2) is 24.3 Å². The fourth-order valence-electron chi connectivity index (χ4n) is 7.98. The van der Waals surface area contributed by atoms with Crippen LogP contribution in [-0.2, 0) is 4.79 Å². The van der Waals surface area contributed by atoms with E-state index >= 15 is 0 Å². The number of hydrogen-bond acceptors (Lipinski definition) is 2. The molecule has 1 aliphatic heterocycles. The van der Waals surface area contributed by atoms with E-state index in [9.17, 15) is 4.79 Å². The number of rotatable bonds is 2. The third kappa shape index (κ3) is 2.65. The molecule has 1 unspecified atom stereocenters. The Balaban J connectivity index is 1.36. The van der Waals surface area contributed by atoms with Crippen LogP contribution in [0.25, 0.3) is 0 Å². The smallest absolute Gasteiger partial charge is 0.139 e. The summed E-state index contributed by atoms with van der Waals surface area (Å²) in [5.74, 6) is 4.94. The monoisotopic (exact) mass is 367 g/mol. The molecule has 5 rings (SSSR count). The molecule has 27 heavy (non-hydrogen) atoms. The molecule has 0 radical (unpaired) electrons. The molecule has 0 bridgehead atoms. The Bertz CT molecular complexity index is 676. The Labute approximate surface area is 165 Å². The highest BCUT2D eigenvalue weighted by molar-refractivity contribution is 5.87. The lowest BCUT2D eigenvalue weighted by Crippen LogP contribution is -2.54. The van der Waals surface area contributed by atoms with E-state index < -0.39 is 0 Å². The maximum atomic E-state index is 12.6. The van der Waals surface area contributed by atoms with Crippen LogP contribution in [0.5, 0.6) is 0 Å². The molecule has 4 aliphatic carbocycles. The molecule has 5 fully saturated rings. The summed E-state index contributed by atoms with van der Waals surface area (Å²) in [6.45, 7) is 11.8. The quantitative estimate of drug-likeness (QED) is 0.683. The van der Waals surface area contributed by atoms with Crippen LogP contribution in [0.2, 0.25) is 0 Å². The van der Waals surface area contributed by atoms with Crippen molar-refractivity contribution in [2.75, 3.05) is 13.1 Å². The number of ketones is 1. The Kier molecular flexibility index (Phi) is 4.24. The third-order valence-electron chi connectivity index (χ3n) is 9.84. The van der Waals surface area contributed by atoms with Crippen molar-refractivity contribution >= 4 is 5.78 Å². The number of allylic oxidation sites excluding steroid dienone is 2. The highest BCUT2D eigenvalue weighted by Gasteiger charge is 2.60. The molecule has 2 heteroatoms. The zero-order valence-electron chi connectivity index (χ0n) is 17.3. The van der Waals surface area contributed by atoms with E-state index in [2.05, 4.69) is 37.9 Å². The number of nitrogens with one attached hydrogen (secondary N) is 1. The molecule has 0 aromatic carbocycles. The van der Waals surface area contributed by atoms with Crippen molar-refractivity contribution < 1.29 is 4.79 Å². The molecular weight excluding hydrogens is 330 g/mol. The first-order valence-corrected chi connectivity index (χ1v) is 11.5. The molecule has 0 amide bonds. The Morgan fingerprint density at radius 3 is 2.56 bits per heavy atom. The van der Waals surface area contributed by atoms with Crippen LogP contribution in [0, 0.1) is 46.3 Å². The normalized spacial score (nSPS) is 50.2. The van der Waals surface area contributed by atoms with Gasteiger partial charge in [0.2, 0.25) is 0 Å². The fourth-order valence-corrected chi connectivity index (χ4v) is 7.98. The van der Waals surface area contributed by atoms with E-state index in [1.54, 1.807) is 0 Å². The van der Waals surface area contributed by atoms with Gasteiger partial charge < -0.3 is 5.32 Å². The average Bonchev–Trinajstić information content (AvgIpc) is 2.90. The fraction of sp³-hybridized carbons (Fsp3) is 0.800. The molecule has 5 aliphatic rings. The zero-order chi connectivity index (χ0) is 18.8. The summed E-state index contributed by atoms with van der Waals surface area (Å²) in [6.07, 6.45) is 14.6. The number of carbonyl (C=O) groups excluding carboxylic acids is 1. The van der Waals surface area contributed by atoms with Gasteiger partial charge in [0.25, 0.3) is 0 Å². The number of carbonyl (C=O) groups is 1. The molecule has 0 aromatic rings. The van der Waals surface area contributed by atoms with Crippen LogP contribution in [0.3, 0.4) is 0 Å². The number of hydrogen-bond donors (Lipinski definition) is 1. The second kappa shape index (κ2) is 6.31. The largest absolute Gasteiger partial charge is 0.315 e. The lowest BCUT2D eigenvalue weighted by molar-refractivity contribution is -0.135. The van der Waals surface area contributed by atoms with Crippen molar-refractivity contribution in [2.45, 2.75) is 65.2 Å². The number of Topliss-reactive ketones (excluding diaryl/α,β-unsaturated/α-hetero) is 1. The molecule has 2 nitrogen and oxygen atoms in total. The molecule has 1 saturated heterocycles. The van der Waals surface area contributed by atoms with Gasteiger partial charge in [-0.1, -0.05) is 38.2 Å². The zero-order valence-corrected chi connectivity index (χ0v) is 17.3. The molecule has 1 N–H and O–H groups in total. The van der Waals surface area contributed by atoms with Gasteiger partial charge in [-0.05, 0) is 80.0 Å². The SMILES string of the molecule is C=C1C[C@@H]2[C@H](CC[C@]3(C)C(=O)CC[C@@H]23)[C@@]2(C)CC[C@@H](/C=C\C3CNC3)CC12. The lowest BCUT2D eigenvalue weighted by atomic mass is 9.44. The molecule has 0 spiro atoms. The van der Waals surface area contributed by atoms with Crippen molar-refractivity contribution in [3.63, 3.8) is 0 Å². The van der Waals surface area contributed by atoms with E-state index in [1.807, 2.05) is 0 Å². The van der Waals surface area contributed by atoms with Gasteiger partial charge in [0.15, 0.2) is 0 Å². The molecule has 0 aromatic heterocycles. The van der Waals surface area contributed by atoms with Crippen LogP contribution in [0.1, 0.15) is 65.2 Å². The molecule has 1 heterocycles. The maximum Gasteiger partial charge on any atom is 0.139 e. The van der Waals surface area contributed by atoms with Gasteiger partial charge in [0.05, 0.1) is 0 Å². The molecule has 7 atom stereocenters. The van der Waals surface area contributed by atoms with Crippen molar-refractivity contribution in [3.05, 3.63) is 24.3 Å². The van der Waals surface area contributed by atoms with Crippen molar-refractivity contribution in [2.24, 2.45) is 46.3 Å². The minimum absolute atomic E-state index is 0.0125. The van der Waals surface area contributed by atoms with Gasteiger partial charge >= 0.3 is 0 Å². The summed E-state index contributed by atoms with van der Waals surface area (Å²) in [4.78, 5) is 12.6. The molecule has 4 saturated carbocycles. The Morgan fingerprint density at radius 1 is 1.04 bits per heavy atom. The highest BCUT2D eigenvalue weighted by atomic mass is 16.1. The summed E-state index contributed by atoms with van der Waals surface area (Å²) in [5.41, 5.74) is 1.93. The van der Waals surface area contributed by atoms with Crippen LogP contribution in [-0.4, -0.2) is 18.9 Å². The summed E-state index contributed by atoms with van der Waals surface area (Å²) < 4.78 is 0. The minimum atomic E-state index is -0.0125. The van der Waals surface area contributed by atoms with Gasteiger partial charge in [-0.2, -0.15) is 0 Å². The van der Waals surface area contributed by atoms with Crippen LogP contribution in [0.4, 0.5) is 0 Å². The average molecular weight is 368 g/mol. The van der Waals surface area contributed by atoms with E-state index in [1.165, 1.54) is 50.8 Å². The van der Waals surface area contributed by atoms with Crippen molar-refractivity contribution in [1.82, 2.24) is 5.32 Å². The first-order valence-electron chi connectivity index (χ1n) is 11.5. The van der Waals surface area contributed by atoms with Crippen LogP contribution >= 0.6 is 0 Å². The first kappa shape index (κ1) is 18.2. The van der Waals surface area contributed by atoms with Gasteiger partial charge in [-0.15, -0.1) is 0 Å². The van der Waals surface area contributed by atoms with Crippen LogP contribution < -0.4 is 5.32 Å². The Morgan fingerprint density at radius 2 is 1.81 bits per heavy atom. The lowest BCUT2D eigenvalue weighted by Gasteiger charge is -2.60. The Hall–Kier alpha value is -0.890. The van der Waals surface area contributed by atoms with E-state index in [0.29, 0.717) is 23.0 Å². The van der Waals surface area contributed by atoms with Gasteiger partial charge in [0, 0.05) is 30.8 Å². The highest BCUT2D eigenvalue weighted by Crippen LogP contribution is 2.66. The predicted molar refractivity (Wildman–Crippen MR) is 110 cm³/mol. The summed E-state index contributed by atoms with van der Waals surface area (Å²) >= 11 is 0. The predicted octanol–water partition coefficient (Wildman–Crippen LogP) is 5.16. The topological polar surface area (TPSA) is 29.1 Å². The molecule has 148 valence electrons. The summed E-state index contributed by atoms with van der Waals surface area (Å²) in [6, 6.07) is 0. The van der Waals surface area contributed by atoms with Gasteiger partial charge in [0.1, 0.15) is 5.78 Å². The number of fused-ring (bicyclic) bond motifs is 5. The maximum absolute atomic E-state index is 12.6. The minimum Gasteiger partial charge on any atom is -0.315 e. The van der Waals surface area contributed by atoms with E-state index in [4.69, 9.17) is 0 Å². The van der Waals surface area contributed by atoms with Crippen molar-refractivity contribution in [1.29, 1.82) is 0 Å². The second-order valence-corrected chi connectivity index (χ2v) is 11.1. The van der Waals surface area contributed by atoms with E-state index in [-0.39, 0.29) is 5.41 Å². The van der Waals surface area contributed by atoms with E-state index in [0.717, 1.165) is 42.9 Å². The summed E-state index contributed by atoms with van der Waals surface area (Å²) in [5, 5.41) is 3.37. The first-order chi connectivity index (χ1) is 12.9. The van der Waals surface area contributed by atoms with Gasteiger partial charge in [-0.25, -0.2) is 0 Å².